The molecule has 2 heteroatoms. The van der Waals surface area contributed by atoms with E-state index < -0.39 is 0 Å². The van der Waals surface area contributed by atoms with E-state index >= 15 is 0 Å². The quantitative estimate of drug-likeness (QED) is 0.456. The molecule has 48 valence electrons. The highest BCUT2D eigenvalue weighted by molar-refractivity contribution is 5.16. The highest BCUT2D eigenvalue weighted by Gasteiger charge is 2.16. The first-order chi connectivity index (χ1) is 4.47. The van der Waals surface area contributed by atoms with Crippen LogP contribution in [-0.2, 0) is 9.47 Å². The zero-order chi connectivity index (χ0) is 6.10. The molecule has 0 saturated heterocycles. The maximum atomic E-state index is 5.16. The minimum atomic E-state index is 0.423. The van der Waals surface area contributed by atoms with Crippen LogP contribution in [0.15, 0.2) is 23.7 Å². The smallest absolute Gasteiger partial charge is 0.230 e. The molecule has 0 bridgehead atoms. The van der Waals surface area contributed by atoms with Crippen molar-refractivity contribution in [2.24, 2.45) is 0 Å². The highest BCUT2D eigenvalue weighted by Crippen LogP contribution is 2.25. The monoisotopic (exact) mass is 124 g/mol. The summed E-state index contributed by atoms with van der Waals surface area (Å²) in [7, 11) is 0. The van der Waals surface area contributed by atoms with Crippen LogP contribution in [-0.4, -0.2) is 6.79 Å². The Labute approximate surface area is 53.8 Å². The molecular formula is C7H8O2. The number of allylic oxidation sites excluding steroid dienone is 2. The fourth-order valence-electron chi connectivity index (χ4n) is 1.06. The van der Waals surface area contributed by atoms with Crippen molar-refractivity contribution < 1.29 is 9.47 Å². The van der Waals surface area contributed by atoms with E-state index in [1.54, 1.807) is 0 Å². The van der Waals surface area contributed by atoms with E-state index in [1.165, 1.54) is 0 Å². The van der Waals surface area contributed by atoms with E-state index in [9.17, 15) is 0 Å². The standard InChI is InChI=1S/C7H8O2/c1-2-4-7-6(3-1)8-5-9-7/h1-2H,3-5H2. The number of rotatable bonds is 0. The molecule has 0 aromatic rings. The van der Waals surface area contributed by atoms with Crippen LogP contribution in [0.3, 0.4) is 0 Å². The Hall–Kier alpha value is -0.920. The van der Waals surface area contributed by atoms with Crippen LogP contribution < -0.4 is 0 Å². The molecule has 0 amide bonds. The number of hydrogen-bond donors (Lipinski definition) is 0. The normalized spacial score (nSPS) is 23.1. The van der Waals surface area contributed by atoms with E-state index in [-0.39, 0.29) is 0 Å². The van der Waals surface area contributed by atoms with Crippen molar-refractivity contribution in [1.82, 2.24) is 0 Å². The van der Waals surface area contributed by atoms with E-state index in [2.05, 4.69) is 12.2 Å². The molecule has 1 aliphatic carbocycles. The second-order valence-electron chi connectivity index (χ2n) is 2.13. The predicted molar refractivity (Wildman–Crippen MR) is 32.4 cm³/mol. The fourth-order valence-corrected chi connectivity index (χ4v) is 1.06. The summed E-state index contributed by atoms with van der Waals surface area (Å²) in [4.78, 5) is 0. The van der Waals surface area contributed by atoms with Crippen molar-refractivity contribution in [2.75, 3.05) is 6.79 Å². The van der Waals surface area contributed by atoms with Gasteiger partial charge in [-0.3, -0.25) is 0 Å². The third-order valence-corrected chi connectivity index (χ3v) is 1.55. The summed E-state index contributed by atoms with van der Waals surface area (Å²) < 4.78 is 10.3. The molecule has 2 nitrogen and oxygen atoms in total. The minimum Gasteiger partial charge on any atom is -0.458 e. The van der Waals surface area contributed by atoms with Crippen LogP contribution in [0.2, 0.25) is 0 Å². The summed E-state index contributed by atoms with van der Waals surface area (Å²) in [6.07, 6.45) is 6.03. The van der Waals surface area contributed by atoms with Gasteiger partial charge in [0.05, 0.1) is 0 Å². The molecular weight excluding hydrogens is 116 g/mol. The largest absolute Gasteiger partial charge is 0.458 e. The topological polar surface area (TPSA) is 18.5 Å². The maximum absolute atomic E-state index is 5.16. The molecule has 0 radical (unpaired) electrons. The Bertz CT molecular complexity index is 161. The summed E-state index contributed by atoms with van der Waals surface area (Å²) in [5.41, 5.74) is 0. The Morgan fingerprint density at radius 1 is 1.00 bits per heavy atom. The Morgan fingerprint density at radius 2 is 1.56 bits per heavy atom. The number of hydrogen-bond acceptors (Lipinski definition) is 2. The first kappa shape index (κ1) is 4.91. The van der Waals surface area contributed by atoms with Crippen LogP contribution in [0.5, 0.6) is 0 Å². The summed E-state index contributed by atoms with van der Waals surface area (Å²) >= 11 is 0. The van der Waals surface area contributed by atoms with Gasteiger partial charge in [-0.15, -0.1) is 0 Å². The summed E-state index contributed by atoms with van der Waals surface area (Å²) in [6, 6.07) is 0. The minimum absolute atomic E-state index is 0.423. The molecule has 1 heterocycles. The zero-order valence-electron chi connectivity index (χ0n) is 5.09. The molecule has 0 unspecified atom stereocenters. The van der Waals surface area contributed by atoms with Crippen LogP contribution in [0.4, 0.5) is 0 Å². The molecule has 0 aromatic heterocycles. The lowest BCUT2D eigenvalue weighted by Crippen LogP contribution is -1.88. The van der Waals surface area contributed by atoms with Crippen LogP contribution in [0.1, 0.15) is 12.8 Å². The second-order valence-corrected chi connectivity index (χ2v) is 2.13. The molecule has 9 heavy (non-hydrogen) atoms. The van der Waals surface area contributed by atoms with Crippen LogP contribution >= 0.6 is 0 Å². The Morgan fingerprint density at radius 3 is 2.11 bits per heavy atom. The van der Waals surface area contributed by atoms with E-state index in [4.69, 9.17) is 9.47 Å². The summed E-state index contributed by atoms with van der Waals surface area (Å²) in [5, 5.41) is 0. The lowest BCUT2D eigenvalue weighted by molar-refractivity contribution is 0.0699. The molecule has 2 aliphatic rings. The van der Waals surface area contributed by atoms with Crippen molar-refractivity contribution >= 4 is 0 Å². The third-order valence-electron chi connectivity index (χ3n) is 1.55. The third kappa shape index (κ3) is 0.707. The Balaban J connectivity index is 2.21. The maximum Gasteiger partial charge on any atom is 0.230 e. The lowest BCUT2D eigenvalue weighted by atomic mass is 10.1. The average Bonchev–Trinajstić information content (AvgIpc) is 2.33. The van der Waals surface area contributed by atoms with Gasteiger partial charge in [-0.05, 0) is 0 Å². The van der Waals surface area contributed by atoms with Crippen molar-refractivity contribution in [2.45, 2.75) is 12.8 Å². The highest BCUT2D eigenvalue weighted by atomic mass is 16.7. The van der Waals surface area contributed by atoms with Gasteiger partial charge in [-0.25, -0.2) is 0 Å². The summed E-state index contributed by atoms with van der Waals surface area (Å²) in [6.45, 7) is 0.423. The molecule has 1 aliphatic heterocycles. The van der Waals surface area contributed by atoms with Gasteiger partial charge in [0.1, 0.15) is 11.5 Å². The molecule has 2 rings (SSSR count). The first-order valence-corrected chi connectivity index (χ1v) is 3.09. The van der Waals surface area contributed by atoms with Gasteiger partial charge < -0.3 is 9.47 Å². The van der Waals surface area contributed by atoms with Crippen molar-refractivity contribution in [1.29, 1.82) is 0 Å². The molecule has 0 aromatic carbocycles. The molecule has 0 spiro atoms. The van der Waals surface area contributed by atoms with Gasteiger partial charge in [0.15, 0.2) is 0 Å². The summed E-state index contributed by atoms with van der Waals surface area (Å²) in [5.74, 6) is 2.05. The van der Waals surface area contributed by atoms with Crippen LogP contribution in [0, 0.1) is 0 Å². The SMILES string of the molecule is C1=CCC2=C(C1)OCO2. The predicted octanol–water partition coefficient (Wildman–Crippen LogP) is 1.55. The van der Waals surface area contributed by atoms with Gasteiger partial charge in [-0.1, -0.05) is 12.2 Å². The average molecular weight is 124 g/mol. The van der Waals surface area contributed by atoms with Gasteiger partial charge in [0.2, 0.25) is 6.79 Å². The van der Waals surface area contributed by atoms with E-state index in [0.29, 0.717) is 6.79 Å². The Kier molecular flexibility index (Phi) is 0.979. The van der Waals surface area contributed by atoms with Crippen molar-refractivity contribution in [3.8, 4) is 0 Å². The fraction of sp³-hybridized carbons (Fsp3) is 0.429. The molecule has 0 fully saturated rings. The lowest BCUT2D eigenvalue weighted by Gasteiger charge is -2.02. The molecule has 0 saturated carbocycles. The second kappa shape index (κ2) is 1.79. The first-order valence-electron chi connectivity index (χ1n) is 3.09. The van der Waals surface area contributed by atoms with Crippen molar-refractivity contribution in [3.63, 3.8) is 0 Å². The zero-order valence-corrected chi connectivity index (χ0v) is 5.09. The van der Waals surface area contributed by atoms with Crippen molar-refractivity contribution in [3.05, 3.63) is 23.7 Å². The number of ether oxygens (including phenoxy) is 2. The van der Waals surface area contributed by atoms with Gasteiger partial charge in [0, 0.05) is 12.8 Å². The van der Waals surface area contributed by atoms with Crippen LogP contribution in [0.25, 0.3) is 0 Å². The van der Waals surface area contributed by atoms with E-state index in [1.807, 2.05) is 0 Å². The molecule has 0 N–H and O–H groups in total. The van der Waals surface area contributed by atoms with E-state index in [0.717, 1.165) is 24.4 Å². The van der Waals surface area contributed by atoms with Gasteiger partial charge in [0.25, 0.3) is 0 Å². The van der Waals surface area contributed by atoms with Gasteiger partial charge >= 0.3 is 0 Å². The molecule has 0 atom stereocenters. The van der Waals surface area contributed by atoms with Gasteiger partial charge in [-0.2, -0.15) is 0 Å².